The molecule has 0 heterocycles. The van der Waals surface area contributed by atoms with Gasteiger partial charge in [0.2, 0.25) is 5.91 Å². The van der Waals surface area contributed by atoms with Crippen LogP contribution in [0.1, 0.15) is 18.1 Å². The van der Waals surface area contributed by atoms with E-state index in [1.54, 1.807) is 14.0 Å². The Labute approximate surface area is 96.3 Å². The molecule has 1 atom stereocenters. The van der Waals surface area contributed by atoms with Crippen molar-refractivity contribution >= 4 is 5.91 Å². The molecule has 1 aromatic carbocycles. The molecule has 0 saturated carbocycles. The number of carbonyl (C=O) groups is 1. The van der Waals surface area contributed by atoms with Gasteiger partial charge in [-0.2, -0.15) is 5.26 Å². The van der Waals surface area contributed by atoms with Crippen molar-refractivity contribution in [2.24, 2.45) is 0 Å². The van der Waals surface area contributed by atoms with Crippen molar-refractivity contribution in [3.05, 3.63) is 35.4 Å². The maximum Gasteiger partial charge on any atom is 0.227 e. The number of benzene rings is 1. The van der Waals surface area contributed by atoms with Gasteiger partial charge in [0.25, 0.3) is 0 Å². The van der Waals surface area contributed by atoms with Crippen molar-refractivity contribution in [1.82, 2.24) is 4.90 Å². The highest BCUT2D eigenvalue weighted by Gasteiger charge is 2.15. The van der Waals surface area contributed by atoms with E-state index in [9.17, 15) is 4.79 Å². The van der Waals surface area contributed by atoms with Crippen molar-refractivity contribution in [2.45, 2.75) is 26.3 Å². The van der Waals surface area contributed by atoms with Crippen LogP contribution in [0.25, 0.3) is 0 Å². The molecule has 0 aliphatic rings. The number of nitrogens with zero attached hydrogens (tertiary/aromatic N) is 2. The van der Waals surface area contributed by atoms with Gasteiger partial charge in [-0.1, -0.05) is 24.3 Å². The Bertz CT molecular complexity index is 420. The second kappa shape index (κ2) is 5.32. The second-order valence-corrected chi connectivity index (χ2v) is 3.91. The molecular formula is C13H16N2O. The van der Waals surface area contributed by atoms with Crippen LogP contribution < -0.4 is 0 Å². The summed E-state index contributed by atoms with van der Waals surface area (Å²) in [6.07, 6.45) is 0.356. The standard InChI is InChI=1S/C13H16N2O/c1-10-6-4-5-7-12(10)8-13(16)15(3)11(2)9-14/h4-7,11H,8H2,1-3H3. The molecule has 0 bridgehead atoms. The number of amides is 1. The summed E-state index contributed by atoms with van der Waals surface area (Å²) in [6.45, 7) is 3.70. The summed E-state index contributed by atoms with van der Waals surface area (Å²) in [5.74, 6) is -0.0247. The highest BCUT2D eigenvalue weighted by Crippen LogP contribution is 2.09. The third kappa shape index (κ3) is 2.83. The summed E-state index contributed by atoms with van der Waals surface area (Å²) < 4.78 is 0. The lowest BCUT2D eigenvalue weighted by atomic mass is 10.1. The Balaban J connectivity index is 2.73. The smallest absolute Gasteiger partial charge is 0.227 e. The SMILES string of the molecule is Cc1ccccc1CC(=O)N(C)C(C)C#N. The van der Waals surface area contributed by atoms with Crippen molar-refractivity contribution in [2.75, 3.05) is 7.05 Å². The first-order chi connectivity index (χ1) is 7.56. The molecule has 0 aliphatic carbocycles. The number of likely N-dealkylation sites (N-methyl/N-ethyl adjacent to an activating group) is 1. The maximum absolute atomic E-state index is 11.8. The molecule has 1 unspecified atom stereocenters. The average molecular weight is 216 g/mol. The summed E-state index contributed by atoms with van der Waals surface area (Å²) in [4.78, 5) is 13.3. The van der Waals surface area contributed by atoms with E-state index in [1.807, 2.05) is 31.2 Å². The number of hydrogen-bond acceptors (Lipinski definition) is 2. The van der Waals surface area contributed by atoms with E-state index in [4.69, 9.17) is 5.26 Å². The predicted molar refractivity (Wildman–Crippen MR) is 62.7 cm³/mol. The Morgan fingerprint density at radius 3 is 2.69 bits per heavy atom. The van der Waals surface area contributed by atoms with E-state index < -0.39 is 0 Å². The molecular weight excluding hydrogens is 200 g/mol. The van der Waals surface area contributed by atoms with Gasteiger partial charge < -0.3 is 4.90 Å². The minimum atomic E-state index is -0.378. The maximum atomic E-state index is 11.8. The third-order valence-electron chi connectivity index (χ3n) is 2.76. The van der Waals surface area contributed by atoms with Gasteiger partial charge in [-0.3, -0.25) is 4.79 Å². The Morgan fingerprint density at radius 1 is 1.50 bits per heavy atom. The van der Waals surface area contributed by atoms with Crippen LogP contribution in [0.5, 0.6) is 0 Å². The normalized spacial score (nSPS) is 11.6. The van der Waals surface area contributed by atoms with Gasteiger partial charge in [0.15, 0.2) is 0 Å². The molecule has 3 nitrogen and oxygen atoms in total. The van der Waals surface area contributed by atoms with Gasteiger partial charge in [0.1, 0.15) is 6.04 Å². The van der Waals surface area contributed by atoms with Crippen molar-refractivity contribution in [3.8, 4) is 6.07 Å². The van der Waals surface area contributed by atoms with Crippen LogP contribution in [0.2, 0.25) is 0 Å². The fourth-order valence-corrected chi connectivity index (χ4v) is 1.40. The summed E-state index contributed by atoms with van der Waals surface area (Å²) in [6, 6.07) is 9.47. The molecule has 0 fully saturated rings. The lowest BCUT2D eigenvalue weighted by Crippen LogP contribution is -2.35. The van der Waals surface area contributed by atoms with Crippen molar-refractivity contribution < 1.29 is 4.79 Å². The first-order valence-corrected chi connectivity index (χ1v) is 5.26. The fraction of sp³-hybridized carbons (Fsp3) is 0.385. The van der Waals surface area contributed by atoms with Crippen molar-refractivity contribution in [3.63, 3.8) is 0 Å². The molecule has 3 heteroatoms. The highest BCUT2D eigenvalue weighted by molar-refractivity contribution is 5.79. The average Bonchev–Trinajstić information content (AvgIpc) is 2.30. The molecule has 0 N–H and O–H groups in total. The van der Waals surface area contributed by atoms with Gasteiger partial charge in [-0.05, 0) is 25.0 Å². The quantitative estimate of drug-likeness (QED) is 0.774. The van der Waals surface area contributed by atoms with E-state index in [2.05, 4.69) is 6.07 Å². The lowest BCUT2D eigenvalue weighted by Gasteiger charge is -2.19. The molecule has 16 heavy (non-hydrogen) atoms. The van der Waals surface area contributed by atoms with Crippen LogP contribution in [-0.2, 0) is 11.2 Å². The minimum absolute atomic E-state index is 0.0247. The van der Waals surface area contributed by atoms with Crippen LogP contribution in [0, 0.1) is 18.3 Å². The Morgan fingerprint density at radius 2 is 2.12 bits per heavy atom. The lowest BCUT2D eigenvalue weighted by molar-refractivity contribution is -0.130. The van der Waals surface area contributed by atoms with Gasteiger partial charge in [0, 0.05) is 7.05 Å². The van der Waals surface area contributed by atoms with Gasteiger partial charge in [-0.25, -0.2) is 0 Å². The third-order valence-corrected chi connectivity index (χ3v) is 2.76. The molecule has 1 amide bonds. The molecule has 0 spiro atoms. The molecule has 0 saturated heterocycles. The first-order valence-electron chi connectivity index (χ1n) is 5.26. The highest BCUT2D eigenvalue weighted by atomic mass is 16.2. The summed E-state index contributed by atoms with van der Waals surface area (Å²) >= 11 is 0. The summed E-state index contributed by atoms with van der Waals surface area (Å²) in [5, 5.41) is 8.73. The Hall–Kier alpha value is -1.82. The van der Waals surface area contributed by atoms with Gasteiger partial charge >= 0.3 is 0 Å². The predicted octanol–water partition coefficient (Wildman–Crippen LogP) is 1.91. The number of rotatable bonds is 3. The van der Waals surface area contributed by atoms with E-state index in [1.165, 1.54) is 4.90 Å². The minimum Gasteiger partial charge on any atom is -0.330 e. The topological polar surface area (TPSA) is 44.1 Å². The molecule has 0 aliphatic heterocycles. The van der Waals surface area contributed by atoms with Gasteiger partial charge in [0.05, 0.1) is 12.5 Å². The number of carbonyl (C=O) groups excluding carboxylic acids is 1. The largest absolute Gasteiger partial charge is 0.330 e. The number of nitriles is 1. The van der Waals surface area contributed by atoms with Crippen LogP contribution in [0.15, 0.2) is 24.3 Å². The number of hydrogen-bond donors (Lipinski definition) is 0. The summed E-state index contributed by atoms with van der Waals surface area (Å²) in [7, 11) is 1.66. The van der Waals surface area contributed by atoms with Crippen LogP contribution in [-0.4, -0.2) is 23.9 Å². The van der Waals surface area contributed by atoms with Gasteiger partial charge in [-0.15, -0.1) is 0 Å². The molecule has 1 aromatic rings. The summed E-state index contributed by atoms with van der Waals surface area (Å²) in [5.41, 5.74) is 2.12. The van der Waals surface area contributed by atoms with Crippen molar-refractivity contribution in [1.29, 1.82) is 5.26 Å². The molecule has 0 aromatic heterocycles. The van der Waals surface area contributed by atoms with E-state index >= 15 is 0 Å². The molecule has 84 valence electrons. The zero-order valence-corrected chi connectivity index (χ0v) is 9.90. The van der Waals surface area contributed by atoms with Crippen LogP contribution >= 0.6 is 0 Å². The zero-order chi connectivity index (χ0) is 12.1. The fourth-order valence-electron chi connectivity index (χ4n) is 1.40. The second-order valence-electron chi connectivity index (χ2n) is 3.91. The van der Waals surface area contributed by atoms with Crippen LogP contribution in [0.3, 0.4) is 0 Å². The number of aryl methyl sites for hydroxylation is 1. The van der Waals surface area contributed by atoms with E-state index in [0.717, 1.165) is 11.1 Å². The van der Waals surface area contributed by atoms with E-state index in [-0.39, 0.29) is 11.9 Å². The first kappa shape index (κ1) is 12.3. The Kier molecular flexibility index (Phi) is 4.07. The molecule has 0 radical (unpaired) electrons. The van der Waals surface area contributed by atoms with Crippen LogP contribution in [0.4, 0.5) is 0 Å². The van der Waals surface area contributed by atoms with E-state index in [0.29, 0.717) is 6.42 Å². The zero-order valence-electron chi connectivity index (χ0n) is 9.90. The monoisotopic (exact) mass is 216 g/mol. The molecule has 1 rings (SSSR count).